The number of halogens is 1. The number of aryl methyl sites for hydroxylation is 1. The third kappa shape index (κ3) is 5.73. The standard InChI is InChI=1S/C19H24N2O2S.ClH/c1-15-6-4-7-16(12-15)23-14-19(22)20-13-17(18-8-5-11-24-18)21-9-2-3-10-21;/h4-8,11-12,17H,2-3,9-10,13-14H2,1H3,(H,20,22);1H. The molecule has 3 rings (SSSR count). The summed E-state index contributed by atoms with van der Waals surface area (Å²) in [6.45, 7) is 4.92. The van der Waals surface area contributed by atoms with Gasteiger partial charge in [-0.1, -0.05) is 18.2 Å². The molecule has 1 unspecified atom stereocenters. The number of amides is 1. The Morgan fingerprint density at radius 2 is 2.08 bits per heavy atom. The van der Waals surface area contributed by atoms with Crippen molar-refractivity contribution >= 4 is 29.7 Å². The maximum Gasteiger partial charge on any atom is 0.258 e. The minimum Gasteiger partial charge on any atom is -0.484 e. The van der Waals surface area contributed by atoms with Crippen LogP contribution < -0.4 is 10.1 Å². The topological polar surface area (TPSA) is 41.6 Å². The number of nitrogens with zero attached hydrogens (tertiary/aromatic N) is 1. The van der Waals surface area contributed by atoms with E-state index >= 15 is 0 Å². The summed E-state index contributed by atoms with van der Waals surface area (Å²) >= 11 is 1.76. The fourth-order valence-electron chi connectivity index (χ4n) is 3.06. The molecule has 0 aliphatic carbocycles. The number of carbonyl (C=O) groups excluding carboxylic acids is 1. The monoisotopic (exact) mass is 380 g/mol. The number of ether oxygens (including phenoxy) is 1. The van der Waals surface area contributed by atoms with Gasteiger partial charge in [0, 0.05) is 11.4 Å². The molecule has 2 heterocycles. The Labute approximate surface area is 159 Å². The first-order valence-corrected chi connectivity index (χ1v) is 9.34. The predicted octanol–water partition coefficient (Wildman–Crippen LogP) is 3.81. The van der Waals surface area contributed by atoms with Crippen molar-refractivity contribution in [3.63, 3.8) is 0 Å². The highest BCUT2D eigenvalue weighted by Gasteiger charge is 2.24. The molecule has 1 aliphatic rings. The fourth-order valence-corrected chi connectivity index (χ4v) is 3.92. The summed E-state index contributed by atoms with van der Waals surface area (Å²) in [5.41, 5.74) is 1.12. The van der Waals surface area contributed by atoms with Crippen LogP contribution in [0.5, 0.6) is 5.75 Å². The molecule has 1 aromatic carbocycles. The van der Waals surface area contributed by atoms with Crippen LogP contribution in [0.4, 0.5) is 0 Å². The molecule has 25 heavy (non-hydrogen) atoms. The van der Waals surface area contributed by atoms with E-state index in [2.05, 4.69) is 27.7 Å². The van der Waals surface area contributed by atoms with Crippen LogP contribution in [0.1, 0.15) is 29.3 Å². The van der Waals surface area contributed by atoms with Crippen molar-refractivity contribution in [3.05, 3.63) is 52.2 Å². The molecule has 1 saturated heterocycles. The number of thiophene rings is 1. The fraction of sp³-hybridized carbons (Fsp3) is 0.421. The van der Waals surface area contributed by atoms with Crippen LogP contribution >= 0.6 is 23.7 Å². The van der Waals surface area contributed by atoms with Gasteiger partial charge in [-0.15, -0.1) is 23.7 Å². The van der Waals surface area contributed by atoms with Gasteiger partial charge in [0.25, 0.3) is 5.91 Å². The SMILES string of the molecule is Cc1cccc(OCC(=O)NCC(c2cccs2)N2CCCC2)c1.Cl. The van der Waals surface area contributed by atoms with Gasteiger partial charge in [0.2, 0.25) is 0 Å². The Morgan fingerprint density at radius 3 is 2.76 bits per heavy atom. The average Bonchev–Trinajstić information content (AvgIpc) is 3.27. The van der Waals surface area contributed by atoms with Gasteiger partial charge < -0.3 is 10.1 Å². The van der Waals surface area contributed by atoms with Crippen molar-refractivity contribution in [1.82, 2.24) is 10.2 Å². The number of likely N-dealkylation sites (tertiary alicyclic amines) is 1. The number of hydrogen-bond acceptors (Lipinski definition) is 4. The molecule has 1 fully saturated rings. The minimum atomic E-state index is -0.0720. The molecular weight excluding hydrogens is 356 g/mol. The molecule has 1 amide bonds. The van der Waals surface area contributed by atoms with Gasteiger partial charge in [0.15, 0.2) is 6.61 Å². The lowest BCUT2D eigenvalue weighted by Crippen LogP contribution is -2.38. The van der Waals surface area contributed by atoms with Gasteiger partial charge in [0.1, 0.15) is 5.75 Å². The number of hydrogen-bond donors (Lipinski definition) is 1. The summed E-state index contributed by atoms with van der Waals surface area (Å²) in [6.07, 6.45) is 2.48. The molecule has 0 saturated carbocycles. The molecule has 0 spiro atoms. The quantitative estimate of drug-likeness (QED) is 0.794. The van der Waals surface area contributed by atoms with E-state index in [1.165, 1.54) is 17.7 Å². The van der Waals surface area contributed by atoms with Crippen molar-refractivity contribution in [2.24, 2.45) is 0 Å². The average molecular weight is 381 g/mol. The van der Waals surface area contributed by atoms with Crippen LogP contribution in [-0.4, -0.2) is 37.0 Å². The molecule has 1 atom stereocenters. The van der Waals surface area contributed by atoms with E-state index in [-0.39, 0.29) is 31.0 Å². The second-order valence-electron chi connectivity index (χ2n) is 6.18. The maximum absolute atomic E-state index is 12.1. The molecule has 1 aliphatic heterocycles. The smallest absolute Gasteiger partial charge is 0.258 e. The van der Waals surface area contributed by atoms with Gasteiger partial charge in [0.05, 0.1) is 6.04 Å². The van der Waals surface area contributed by atoms with E-state index < -0.39 is 0 Å². The third-order valence-electron chi connectivity index (χ3n) is 4.31. The summed E-state index contributed by atoms with van der Waals surface area (Å²) in [7, 11) is 0. The van der Waals surface area contributed by atoms with E-state index in [0.29, 0.717) is 6.54 Å². The lowest BCUT2D eigenvalue weighted by Gasteiger charge is -2.26. The highest BCUT2D eigenvalue weighted by atomic mass is 35.5. The first-order chi connectivity index (χ1) is 11.7. The highest BCUT2D eigenvalue weighted by Crippen LogP contribution is 2.27. The second kappa shape index (κ2) is 9.80. The Morgan fingerprint density at radius 1 is 1.28 bits per heavy atom. The van der Waals surface area contributed by atoms with Crippen LogP contribution in [0.2, 0.25) is 0 Å². The normalized spacial score (nSPS) is 15.4. The van der Waals surface area contributed by atoms with Gasteiger partial charge in [-0.25, -0.2) is 0 Å². The van der Waals surface area contributed by atoms with Gasteiger partial charge in [-0.05, 0) is 62.0 Å². The molecule has 1 N–H and O–H groups in total. The van der Waals surface area contributed by atoms with Gasteiger partial charge in [-0.2, -0.15) is 0 Å². The van der Waals surface area contributed by atoms with Crippen LogP contribution in [0, 0.1) is 6.92 Å². The Bertz CT molecular complexity index is 657. The van der Waals surface area contributed by atoms with Crippen molar-refractivity contribution < 1.29 is 9.53 Å². The van der Waals surface area contributed by atoms with Crippen LogP contribution in [0.15, 0.2) is 41.8 Å². The van der Waals surface area contributed by atoms with Crippen molar-refractivity contribution in [2.75, 3.05) is 26.2 Å². The number of rotatable bonds is 7. The van der Waals surface area contributed by atoms with Crippen LogP contribution in [0.3, 0.4) is 0 Å². The first-order valence-electron chi connectivity index (χ1n) is 8.46. The van der Waals surface area contributed by atoms with Crippen molar-refractivity contribution in [2.45, 2.75) is 25.8 Å². The minimum absolute atomic E-state index is 0. The van der Waals surface area contributed by atoms with E-state index in [9.17, 15) is 4.79 Å². The zero-order valence-corrected chi connectivity index (χ0v) is 16.1. The molecule has 6 heteroatoms. The lowest BCUT2D eigenvalue weighted by molar-refractivity contribution is -0.123. The molecule has 0 radical (unpaired) electrons. The Kier molecular flexibility index (Phi) is 7.75. The summed E-state index contributed by atoms with van der Waals surface area (Å²) in [6, 6.07) is 12.3. The number of nitrogens with one attached hydrogen (secondary N) is 1. The van der Waals surface area contributed by atoms with E-state index in [1.807, 2.05) is 31.2 Å². The van der Waals surface area contributed by atoms with Gasteiger partial charge >= 0.3 is 0 Å². The molecule has 136 valence electrons. The summed E-state index contributed by atoms with van der Waals surface area (Å²) in [4.78, 5) is 15.9. The number of carbonyl (C=O) groups is 1. The van der Waals surface area contributed by atoms with E-state index in [0.717, 1.165) is 24.4 Å². The third-order valence-corrected chi connectivity index (χ3v) is 5.28. The zero-order valence-electron chi connectivity index (χ0n) is 14.4. The highest BCUT2D eigenvalue weighted by molar-refractivity contribution is 7.10. The van der Waals surface area contributed by atoms with Gasteiger partial charge in [-0.3, -0.25) is 9.69 Å². The van der Waals surface area contributed by atoms with E-state index in [1.54, 1.807) is 11.3 Å². The number of benzene rings is 1. The molecule has 0 bridgehead atoms. The van der Waals surface area contributed by atoms with Crippen molar-refractivity contribution in [3.8, 4) is 5.75 Å². The zero-order chi connectivity index (χ0) is 16.8. The van der Waals surface area contributed by atoms with E-state index in [4.69, 9.17) is 4.74 Å². The van der Waals surface area contributed by atoms with Crippen molar-refractivity contribution in [1.29, 1.82) is 0 Å². The second-order valence-corrected chi connectivity index (χ2v) is 7.16. The van der Waals surface area contributed by atoms with Crippen LogP contribution in [-0.2, 0) is 4.79 Å². The Hall–Kier alpha value is -1.56. The first kappa shape index (κ1) is 19.8. The Balaban J connectivity index is 0.00000225. The molecule has 1 aromatic heterocycles. The predicted molar refractivity (Wildman–Crippen MR) is 105 cm³/mol. The molecule has 4 nitrogen and oxygen atoms in total. The van der Waals surface area contributed by atoms with Crippen LogP contribution in [0.25, 0.3) is 0 Å². The lowest BCUT2D eigenvalue weighted by atomic mass is 10.2. The largest absolute Gasteiger partial charge is 0.484 e. The summed E-state index contributed by atoms with van der Waals surface area (Å²) < 4.78 is 5.57. The summed E-state index contributed by atoms with van der Waals surface area (Å²) in [5.74, 6) is 0.664. The molecule has 2 aromatic rings. The maximum atomic E-state index is 12.1. The summed E-state index contributed by atoms with van der Waals surface area (Å²) in [5, 5.41) is 5.13. The molecular formula is C19H25ClN2O2S.